The minimum absolute atomic E-state index is 0. The summed E-state index contributed by atoms with van der Waals surface area (Å²) in [4.78, 5) is 5.27. The van der Waals surface area contributed by atoms with Crippen molar-refractivity contribution in [3.63, 3.8) is 0 Å². The molecule has 3 nitrogen and oxygen atoms in total. The van der Waals surface area contributed by atoms with Crippen LogP contribution in [0.4, 0.5) is 0 Å². The van der Waals surface area contributed by atoms with Crippen LogP contribution in [0, 0.1) is 5.92 Å². The fraction of sp³-hybridized carbons (Fsp3) is 1.00. The Bertz CT molecular complexity index is 187. The topological polar surface area (TPSA) is 20.6 Å². The Hall–Kier alpha value is 1.52. The zero-order valence-electron chi connectivity index (χ0n) is 11.7. The van der Waals surface area contributed by atoms with Gasteiger partial charge in [-0.25, -0.2) is 0 Å². The van der Waals surface area contributed by atoms with Gasteiger partial charge in [0.1, 0.15) is 0 Å². The second-order valence-electron chi connectivity index (χ2n) is 5.26. The van der Waals surface area contributed by atoms with Gasteiger partial charge < -0.3 is 15.1 Å². The van der Waals surface area contributed by atoms with E-state index >= 15 is 0 Å². The third-order valence-corrected chi connectivity index (χ3v) is 3.91. The molecule has 2 saturated heterocycles. The van der Waals surface area contributed by atoms with Crippen molar-refractivity contribution in [2.45, 2.75) is 26.2 Å². The largest absolute Gasteiger partial charge is 1.00 e. The van der Waals surface area contributed by atoms with E-state index < -0.39 is 0 Å². The van der Waals surface area contributed by atoms with Gasteiger partial charge in [-0.05, 0) is 18.9 Å². The molecule has 2 aliphatic heterocycles. The van der Waals surface area contributed by atoms with Gasteiger partial charge in [-0.15, -0.1) is 13.1 Å². The van der Waals surface area contributed by atoms with Crippen LogP contribution in [0.1, 0.15) is 26.2 Å². The molecule has 0 N–H and O–H groups in total. The summed E-state index contributed by atoms with van der Waals surface area (Å²) in [5.41, 5.74) is 0. The van der Waals surface area contributed by atoms with E-state index in [1.165, 1.54) is 58.5 Å². The molecule has 17 heavy (non-hydrogen) atoms. The fourth-order valence-electron chi connectivity index (χ4n) is 2.86. The Morgan fingerprint density at radius 1 is 1.00 bits per heavy atom. The van der Waals surface area contributed by atoms with E-state index in [1.807, 2.05) is 0 Å². The van der Waals surface area contributed by atoms with Crippen LogP contribution in [0.25, 0.3) is 5.32 Å². The number of piperidine rings is 1. The molecule has 0 aromatic heterocycles. The molecule has 0 amide bonds. The van der Waals surface area contributed by atoms with E-state index in [2.05, 4.69) is 22.0 Å². The quantitative estimate of drug-likeness (QED) is 0.594. The summed E-state index contributed by atoms with van der Waals surface area (Å²) >= 11 is 0. The van der Waals surface area contributed by atoms with E-state index in [1.54, 1.807) is 0 Å². The van der Waals surface area contributed by atoms with E-state index in [0.29, 0.717) is 0 Å². The zero-order valence-corrected chi connectivity index (χ0v) is 14.8. The average molecular weight is 263 g/mol. The molecule has 0 aromatic rings. The molecular formula is C13H26KN3. The van der Waals surface area contributed by atoms with Gasteiger partial charge in [0, 0.05) is 32.7 Å². The van der Waals surface area contributed by atoms with Crippen molar-refractivity contribution in [1.29, 1.82) is 0 Å². The smallest absolute Gasteiger partial charge is 0.662 e. The first-order chi connectivity index (χ1) is 7.88. The number of piperazine rings is 1. The molecule has 2 heterocycles. The maximum absolute atomic E-state index is 4.43. The van der Waals surface area contributed by atoms with Gasteiger partial charge in [-0.1, -0.05) is 19.8 Å². The predicted molar refractivity (Wildman–Crippen MR) is 69.0 cm³/mol. The number of hydrogen-bond acceptors (Lipinski definition) is 2. The van der Waals surface area contributed by atoms with E-state index in [-0.39, 0.29) is 51.4 Å². The molecule has 4 heteroatoms. The number of hydrogen-bond donors (Lipinski definition) is 0. The maximum atomic E-state index is 4.43. The maximum Gasteiger partial charge on any atom is 1.00 e. The second-order valence-corrected chi connectivity index (χ2v) is 5.26. The molecule has 0 aliphatic carbocycles. The van der Waals surface area contributed by atoms with Crippen LogP contribution in [-0.2, 0) is 0 Å². The van der Waals surface area contributed by atoms with Gasteiger partial charge >= 0.3 is 51.4 Å². The summed E-state index contributed by atoms with van der Waals surface area (Å²) in [6.45, 7) is 12.3. The molecule has 0 atom stereocenters. The third kappa shape index (κ3) is 6.00. The molecule has 0 spiro atoms. The van der Waals surface area contributed by atoms with Gasteiger partial charge in [0.05, 0.1) is 0 Å². The first-order valence-corrected chi connectivity index (χ1v) is 6.96. The van der Waals surface area contributed by atoms with Gasteiger partial charge in [0.25, 0.3) is 0 Å². The van der Waals surface area contributed by atoms with Gasteiger partial charge in [0.15, 0.2) is 0 Å². The molecule has 0 radical (unpaired) electrons. The van der Waals surface area contributed by atoms with Crippen molar-refractivity contribution in [2.24, 2.45) is 5.92 Å². The van der Waals surface area contributed by atoms with Crippen molar-refractivity contribution >= 4 is 0 Å². The molecule has 0 aromatic carbocycles. The van der Waals surface area contributed by atoms with Crippen molar-refractivity contribution in [3.8, 4) is 0 Å². The summed E-state index contributed by atoms with van der Waals surface area (Å²) in [7, 11) is 0. The Morgan fingerprint density at radius 2 is 1.59 bits per heavy atom. The van der Waals surface area contributed by atoms with Crippen LogP contribution in [0.15, 0.2) is 0 Å². The summed E-state index contributed by atoms with van der Waals surface area (Å²) in [6, 6.07) is 0. The van der Waals surface area contributed by atoms with Crippen LogP contribution in [0.3, 0.4) is 0 Å². The number of nitrogens with zero attached hydrogens (tertiary/aromatic N) is 3. The van der Waals surface area contributed by atoms with Gasteiger partial charge in [0.2, 0.25) is 0 Å². The SMILES string of the molecule is CCCN1CCN(CC2CC[N-]CC2)CC1.[K+]. The minimum Gasteiger partial charge on any atom is -0.662 e. The van der Waals surface area contributed by atoms with Crippen molar-refractivity contribution in [2.75, 3.05) is 52.4 Å². The average Bonchev–Trinajstić information content (AvgIpc) is 2.33. The van der Waals surface area contributed by atoms with Crippen molar-refractivity contribution in [1.82, 2.24) is 9.80 Å². The van der Waals surface area contributed by atoms with E-state index in [4.69, 9.17) is 0 Å². The second kappa shape index (κ2) is 9.42. The van der Waals surface area contributed by atoms with Crippen LogP contribution in [0.2, 0.25) is 0 Å². The summed E-state index contributed by atoms with van der Waals surface area (Å²) in [6.07, 6.45) is 3.95. The summed E-state index contributed by atoms with van der Waals surface area (Å²) < 4.78 is 0. The molecule has 2 aliphatic rings. The van der Waals surface area contributed by atoms with Crippen LogP contribution in [-0.4, -0.2) is 62.2 Å². The third-order valence-electron chi connectivity index (χ3n) is 3.91. The molecule has 0 bridgehead atoms. The Kier molecular flexibility index (Phi) is 9.19. The molecule has 94 valence electrons. The Labute approximate surface area is 149 Å². The first kappa shape index (κ1) is 16.6. The van der Waals surface area contributed by atoms with Gasteiger partial charge in [-0.3, -0.25) is 0 Å². The van der Waals surface area contributed by atoms with Crippen molar-refractivity contribution in [3.05, 3.63) is 5.32 Å². The monoisotopic (exact) mass is 263 g/mol. The zero-order chi connectivity index (χ0) is 11.2. The standard InChI is InChI=1S/C13H26N3.K/c1-2-7-15-8-10-16(11-9-15)12-13-3-5-14-6-4-13;/h13H,2-12H2,1H3;/q-1;+1. The summed E-state index contributed by atoms with van der Waals surface area (Å²) in [5, 5.41) is 4.43. The Balaban J connectivity index is 0.00000144. The fourth-order valence-corrected chi connectivity index (χ4v) is 2.86. The molecule has 2 rings (SSSR count). The van der Waals surface area contributed by atoms with E-state index in [9.17, 15) is 0 Å². The minimum atomic E-state index is 0. The molecule has 0 saturated carbocycles. The van der Waals surface area contributed by atoms with Gasteiger partial charge in [-0.2, -0.15) is 0 Å². The Morgan fingerprint density at radius 3 is 2.18 bits per heavy atom. The molecular weight excluding hydrogens is 237 g/mol. The first-order valence-electron chi connectivity index (χ1n) is 6.96. The molecule has 2 fully saturated rings. The van der Waals surface area contributed by atoms with Crippen LogP contribution in [0.5, 0.6) is 0 Å². The van der Waals surface area contributed by atoms with Crippen LogP contribution < -0.4 is 51.4 Å². The number of rotatable bonds is 4. The van der Waals surface area contributed by atoms with E-state index in [0.717, 1.165) is 19.0 Å². The summed E-state index contributed by atoms with van der Waals surface area (Å²) in [5.74, 6) is 0.926. The molecule has 0 unspecified atom stereocenters. The van der Waals surface area contributed by atoms with Crippen LogP contribution >= 0.6 is 0 Å². The normalized spacial score (nSPS) is 24.5. The van der Waals surface area contributed by atoms with Crippen molar-refractivity contribution < 1.29 is 51.4 Å². The predicted octanol–water partition coefficient (Wildman–Crippen LogP) is -1.20.